The van der Waals surface area contributed by atoms with Gasteiger partial charge < -0.3 is 5.11 Å². The van der Waals surface area contributed by atoms with Crippen molar-refractivity contribution in [3.05, 3.63) is 53.3 Å². The molecule has 0 aliphatic rings. The zero-order valence-corrected chi connectivity index (χ0v) is 10.5. The molecule has 0 aliphatic carbocycles. The van der Waals surface area contributed by atoms with Crippen LogP contribution in [0.25, 0.3) is 0 Å². The van der Waals surface area contributed by atoms with Gasteiger partial charge in [0.25, 0.3) is 0 Å². The first-order valence-corrected chi connectivity index (χ1v) is 5.86. The first-order valence-electron chi connectivity index (χ1n) is 5.86. The second-order valence-electron chi connectivity index (χ2n) is 4.66. The molecule has 3 nitrogen and oxygen atoms in total. The van der Waals surface area contributed by atoms with Crippen molar-refractivity contribution in [2.24, 2.45) is 0 Å². The Kier molecular flexibility index (Phi) is 3.29. The molecule has 1 atom stereocenters. The van der Waals surface area contributed by atoms with Crippen LogP contribution in [0.3, 0.4) is 0 Å². The fourth-order valence-electron chi connectivity index (χ4n) is 1.72. The first kappa shape index (κ1) is 11.9. The number of rotatable bonds is 3. The van der Waals surface area contributed by atoms with Gasteiger partial charge in [0, 0.05) is 17.8 Å². The number of benzene rings is 1. The molecule has 0 aliphatic heterocycles. The zero-order valence-electron chi connectivity index (χ0n) is 10.5. The van der Waals surface area contributed by atoms with Gasteiger partial charge in [0.1, 0.15) is 6.10 Å². The average molecular weight is 230 g/mol. The van der Waals surface area contributed by atoms with Crippen LogP contribution >= 0.6 is 0 Å². The summed E-state index contributed by atoms with van der Waals surface area (Å²) in [6.45, 7) is 6.16. The Balaban J connectivity index is 2.24. The van der Waals surface area contributed by atoms with E-state index in [-0.39, 0.29) is 0 Å². The summed E-state index contributed by atoms with van der Waals surface area (Å²) in [4.78, 5) is 0. The standard InChI is InChI=1S/C14H18N2O/c1-10(2)16-9-13(8-15-16)14(17)12-6-4-11(3)5-7-12/h4-10,14,17H,1-3H3. The Bertz CT molecular complexity index is 485. The molecule has 90 valence electrons. The molecule has 3 heteroatoms. The van der Waals surface area contributed by atoms with Gasteiger partial charge in [0.15, 0.2) is 0 Å². The van der Waals surface area contributed by atoms with E-state index in [2.05, 4.69) is 18.9 Å². The predicted molar refractivity (Wildman–Crippen MR) is 67.9 cm³/mol. The summed E-state index contributed by atoms with van der Waals surface area (Å²) in [5.74, 6) is 0. The first-order chi connectivity index (χ1) is 8.08. The highest BCUT2D eigenvalue weighted by molar-refractivity contribution is 5.29. The molecule has 17 heavy (non-hydrogen) atoms. The van der Waals surface area contributed by atoms with E-state index in [1.165, 1.54) is 5.56 Å². The summed E-state index contributed by atoms with van der Waals surface area (Å²) in [7, 11) is 0. The number of hydrogen-bond donors (Lipinski definition) is 1. The molecule has 0 amide bonds. The van der Waals surface area contributed by atoms with E-state index in [1.807, 2.05) is 42.1 Å². The third kappa shape index (κ3) is 2.56. The third-order valence-electron chi connectivity index (χ3n) is 2.86. The Morgan fingerprint density at radius 2 is 1.76 bits per heavy atom. The topological polar surface area (TPSA) is 38.1 Å². The molecule has 1 heterocycles. The summed E-state index contributed by atoms with van der Waals surface area (Å²) in [5, 5.41) is 14.5. The number of aliphatic hydroxyl groups is 1. The Morgan fingerprint density at radius 1 is 1.12 bits per heavy atom. The number of hydrogen-bond acceptors (Lipinski definition) is 2. The van der Waals surface area contributed by atoms with Crippen LogP contribution in [-0.2, 0) is 0 Å². The van der Waals surface area contributed by atoms with Gasteiger partial charge in [0.2, 0.25) is 0 Å². The number of aryl methyl sites for hydroxylation is 1. The maximum absolute atomic E-state index is 10.2. The SMILES string of the molecule is Cc1ccc(C(O)c2cnn(C(C)C)c2)cc1. The fraction of sp³-hybridized carbons (Fsp3) is 0.357. The van der Waals surface area contributed by atoms with Gasteiger partial charge in [-0.1, -0.05) is 29.8 Å². The molecule has 2 rings (SSSR count). The molecule has 0 radical (unpaired) electrons. The van der Waals surface area contributed by atoms with E-state index in [9.17, 15) is 5.11 Å². The smallest absolute Gasteiger partial charge is 0.107 e. The Hall–Kier alpha value is -1.61. The molecular weight excluding hydrogens is 212 g/mol. The second kappa shape index (κ2) is 4.72. The van der Waals surface area contributed by atoms with Gasteiger partial charge in [0.05, 0.1) is 6.20 Å². The highest BCUT2D eigenvalue weighted by Gasteiger charge is 2.13. The summed E-state index contributed by atoms with van der Waals surface area (Å²) < 4.78 is 1.85. The van der Waals surface area contributed by atoms with E-state index in [4.69, 9.17) is 0 Å². The van der Waals surface area contributed by atoms with Crippen LogP contribution in [0.15, 0.2) is 36.7 Å². The van der Waals surface area contributed by atoms with E-state index < -0.39 is 6.10 Å². The van der Waals surface area contributed by atoms with Gasteiger partial charge >= 0.3 is 0 Å². The van der Waals surface area contributed by atoms with E-state index in [0.29, 0.717) is 6.04 Å². The van der Waals surface area contributed by atoms with E-state index in [1.54, 1.807) is 6.20 Å². The lowest BCUT2D eigenvalue weighted by atomic mass is 10.0. The number of aliphatic hydroxyl groups excluding tert-OH is 1. The zero-order chi connectivity index (χ0) is 12.4. The van der Waals surface area contributed by atoms with Crippen LogP contribution in [-0.4, -0.2) is 14.9 Å². The summed E-state index contributed by atoms with van der Waals surface area (Å²) in [6, 6.07) is 8.23. The molecule has 1 aromatic heterocycles. The lowest BCUT2D eigenvalue weighted by molar-refractivity contribution is 0.220. The molecule has 0 bridgehead atoms. The van der Waals surface area contributed by atoms with Crippen LogP contribution in [0.4, 0.5) is 0 Å². The summed E-state index contributed by atoms with van der Waals surface area (Å²) >= 11 is 0. The molecule has 1 unspecified atom stereocenters. The van der Waals surface area contributed by atoms with Crippen molar-refractivity contribution in [3.8, 4) is 0 Å². The molecule has 1 N–H and O–H groups in total. The molecule has 2 aromatic rings. The normalized spacial score (nSPS) is 13.0. The van der Waals surface area contributed by atoms with Crippen LogP contribution in [0, 0.1) is 6.92 Å². The quantitative estimate of drug-likeness (QED) is 0.880. The van der Waals surface area contributed by atoms with Crippen LogP contribution < -0.4 is 0 Å². The van der Waals surface area contributed by atoms with E-state index >= 15 is 0 Å². The van der Waals surface area contributed by atoms with Crippen molar-refractivity contribution < 1.29 is 5.11 Å². The van der Waals surface area contributed by atoms with Crippen molar-refractivity contribution in [2.75, 3.05) is 0 Å². The predicted octanol–water partition coefficient (Wildman–Crippen LogP) is 2.85. The van der Waals surface area contributed by atoms with Crippen molar-refractivity contribution in [1.82, 2.24) is 9.78 Å². The lowest BCUT2D eigenvalue weighted by Gasteiger charge is -2.09. The van der Waals surface area contributed by atoms with Crippen molar-refractivity contribution in [3.63, 3.8) is 0 Å². The molecule has 0 saturated heterocycles. The monoisotopic (exact) mass is 230 g/mol. The maximum atomic E-state index is 10.2. The van der Waals surface area contributed by atoms with Gasteiger partial charge in [-0.3, -0.25) is 4.68 Å². The molecule has 0 saturated carbocycles. The van der Waals surface area contributed by atoms with Crippen LogP contribution in [0.5, 0.6) is 0 Å². The minimum Gasteiger partial charge on any atom is -0.384 e. The summed E-state index contributed by atoms with van der Waals surface area (Å²) in [5.41, 5.74) is 2.93. The highest BCUT2D eigenvalue weighted by atomic mass is 16.3. The third-order valence-corrected chi connectivity index (χ3v) is 2.86. The maximum Gasteiger partial charge on any atom is 0.107 e. The minimum atomic E-state index is -0.594. The largest absolute Gasteiger partial charge is 0.384 e. The van der Waals surface area contributed by atoms with Gasteiger partial charge in [-0.05, 0) is 26.3 Å². The molecular formula is C14H18N2O. The molecule has 0 spiro atoms. The summed E-state index contributed by atoms with van der Waals surface area (Å²) in [6.07, 6.45) is 3.03. The van der Waals surface area contributed by atoms with Crippen molar-refractivity contribution in [2.45, 2.75) is 32.9 Å². The highest BCUT2D eigenvalue weighted by Crippen LogP contribution is 2.22. The number of nitrogens with zero attached hydrogens (tertiary/aromatic N) is 2. The Labute approximate surface area is 102 Å². The van der Waals surface area contributed by atoms with Crippen molar-refractivity contribution in [1.29, 1.82) is 0 Å². The van der Waals surface area contributed by atoms with Gasteiger partial charge in [-0.25, -0.2) is 0 Å². The minimum absolute atomic E-state index is 0.314. The van der Waals surface area contributed by atoms with Crippen LogP contribution in [0.1, 0.15) is 42.7 Å². The van der Waals surface area contributed by atoms with Crippen molar-refractivity contribution >= 4 is 0 Å². The molecule has 1 aromatic carbocycles. The lowest BCUT2D eigenvalue weighted by Crippen LogP contribution is -2.01. The van der Waals surface area contributed by atoms with E-state index in [0.717, 1.165) is 11.1 Å². The number of aromatic nitrogens is 2. The van der Waals surface area contributed by atoms with Crippen LogP contribution in [0.2, 0.25) is 0 Å². The fourth-order valence-corrected chi connectivity index (χ4v) is 1.72. The molecule has 0 fully saturated rings. The average Bonchev–Trinajstić information content (AvgIpc) is 2.78. The second-order valence-corrected chi connectivity index (χ2v) is 4.66. The van der Waals surface area contributed by atoms with Gasteiger partial charge in [-0.15, -0.1) is 0 Å². The Morgan fingerprint density at radius 3 is 2.29 bits per heavy atom. The van der Waals surface area contributed by atoms with Gasteiger partial charge in [-0.2, -0.15) is 5.10 Å².